The van der Waals surface area contributed by atoms with Crippen LogP contribution < -0.4 is 4.74 Å². The molecule has 0 N–H and O–H groups in total. The summed E-state index contributed by atoms with van der Waals surface area (Å²) < 4.78 is 9.88. The standard InChI is InChI=1S/C14H17Cl2NO4/c1-17(7-3-4-14(19)20-2)13(18)9-21-12-6-5-10(15)8-11(12)16/h5-6,8H,3-4,7,9H2,1-2H3. The number of hydrogen-bond donors (Lipinski definition) is 0. The largest absolute Gasteiger partial charge is 0.482 e. The zero-order valence-electron chi connectivity index (χ0n) is 11.9. The molecule has 0 spiro atoms. The molecule has 0 unspecified atom stereocenters. The van der Waals surface area contributed by atoms with Crippen molar-refractivity contribution in [2.24, 2.45) is 0 Å². The number of amides is 1. The fourth-order valence-corrected chi connectivity index (χ4v) is 1.99. The van der Waals surface area contributed by atoms with E-state index in [0.29, 0.717) is 28.8 Å². The van der Waals surface area contributed by atoms with Crippen LogP contribution in [0.1, 0.15) is 12.8 Å². The Morgan fingerprint density at radius 1 is 1.29 bits per heavy atom. The van der Waals surface area contributed by atoms with Crippen molar-refractivity contribution in [1.82, 2.24) is 4.90 Å². The van der Waals surface area contributed by atoms with Crippen LogP contribution >= 0.6 is 23.2 Å². The van der Waals surface area contributed by atoms with E-state index < -0.39 is 0 Å². The average Bonchev–Trinajstić information content (AvgIpc) is 2.45. The van der Waals surface area contributed by atoms with Crippen LogP contribution in [0.15, 0.2) is 18.2 Å². The number of nitrogens with zero attached hydrogens (tertiary/aromatic N) is 1. The first-order chi connectivity index (χ1) is 9.93. The van der Waals surface area contributed by atoms with Gasteiger partial charge in [-0.3, -0.25) is 9.59 Å². The Hall–Kier alpha value is -1.46. The minimum atomic E-state index is -0.292. The summed E-state index contributed by atoms with van der Waals surface area (Å²) in [6, 6.07) is 4.78. The van der Waals surface area contributed by atoms with Crippen LogP contribution in [0, 0.1) is 0 Å². The van der Waals surface area contributed by atoms with E-state index in [-0.39, 0.29) is 24.9 Å². The van der Waals surface area contributed by atoms with E-state index in [1.54, 1.807) is 25.2 Å². The maximum Gasteiger partial charge on any atom is 0.305 e. The van der Waals surface area contributed by atoms with Crippen molar-refractivity contribution in [2.75, 3.05) is 27.3 Å². The molecule has 0 heterocycles. The van der Waals surface area contributed by atoms with Gasteiger partial charge in [0.25, 0.3) is 5.91 Å². The number of likely N-dealkylation sites (N-methyl/N-ethyl adjacent to an activating group) is 1. The van der Waals surface area contributed by atoms with Crippen molar-refractivity contribution < 1.29 is 19.1 Å². The molecule has 1 amide bonds. The lowest BCUT2D eigenvalue weighted by molar-refractivity contribution is -0.141. The van der Waals surface area contributed by atoms with E-state index in [1.807, 2.05) is 0 Å². The van der Waals surface area contributed by atoms with Crippen molar-refractivity contribution in [3.8, 4) is 5.75 Å². The van der Waals surface area contributed by atoms with Crippen molar-refractivity contribution in [2.45, 2.75) is 12.8 Å². The third-order valence-corrected chi connectivity index (χ3v) is 3.30. The molecule has 0 aliphatic rings. The zero-order chi connectivity index (χ0) is 15.8. The fourth-order valence-electron chi connectivity index (χ4n) is 1.53. The first-order valence-electron chi connectivity index (χ1n) is 6.32. The lowest BCUT2D eigenvalue weighted by Crippen LogP contribution is -2.32. The molecule has 0 saturated carbocycles. The highest BCUT2D eigenvalue weighted by Crippen LogP contribution is 2.27. The number of benzene rings is 1. The van der Waals surface area contributed by atoms with Gasteiger partial charge in [-0.05, 0) is 24.6 Å². The van der Waals surface area contributed by atoms with Crippen molar-refractivity contribution in [3.63, 3.8) is 0 Å². The van der Waals surface area contributed by atoms with Gasteiger partial charge >= 0.3 is 5.97 Å². The zero-order valence-corrected chi connectivity index (χ0v) is 13.4. The number of halogens is 2. The average molecular weight is 334 g/mol. The van der Waals surface area contributed by atoms with Crippen LogP contribution in [-0.4, -0.2) is 44.1 Å². The van der Waals surface area contributed by atoms with Crippen LogP contribution in [0.2, 0.25) is 10.0 Å². The Labute approximate surface area is 133 Å². The molecule has 0 atom stereocenters. The minimum absolute atomic E-state index is 0.129. The molecule has 0 aliphatic carbocycles. The summed E-state index contributed by atoms with van der Waals surface area (Å²) in [4.78, 5) is 24.3. The van der Waals surface area contributed by atoms with E-state index in [1.165, 1.54) is 12.0 Å². The molecule has 0 radical (unpaired) electrons. The van der Waals surface area contributed by atoms with Crippen molar-refractivity contribution >= 4 is 35.1 Å². The highest BCUT2D eigenvalue weighted by atomic mass is 35.5. The molecule has 0 bridgehead atoms. The van der Waals surface area contributed by atoms with Gasteiger partial charge in [-0.15, -0.1) is 0 Å². The molecule has 116 valence electrons. The van der Waals surface area contributed by atoms with Gasteiger partial charge in [0.1, 0.15) is 5.75 Å². The van der Waals surface area contributed by atoms with Gasteiger partial charge in [-0.2, -0.15) is 0 Å². The number of carbonyl (C=O) groups is 2. The summed E-state index contributed by atoms with van der Waals surface area (Å²) >= 11 is 11.7. The molecule has 21 heavy (non-hydrogen) atoms. The maximum absolute atomic E-state index is 11.9. The monoisotopic (exact) mass is 333 g/mol. The second-order valence-corrected chi connectivity index (χ2v) is 5.20. The van der Waals surface area contributed by atoms with Gasteiger partial charge in [0, 0.05) is 25.0 Å². The Morgan fingerprint density at radius 2 is 2.00 bits per heavy atom. The molecule has 0 fully saturated rings. The number of hydrogen-bond acceptors (Lipinski definition) is 4. The smallest absolute Gasteiger partial charge is 0.305 e. The Balaban J connectivity index is 2.37. The summed E-state index contributed by atoms with van der Waals surface area (Å²) in [5.41, 5.74) is 0. The molecule has 5 nitrogen and oxygen atoms in total. The predicted molar refractivity (Wildman–Crippen MR) is 80.8 cm³/mol. The molecule has 7 heteroatoms. The van der Waals surface area contributed by atoms with E-state index in [0.717, 1.165) is 0 Å². The lowest BCUT2D eigenvalue weighted by atomic mass is 10.3. The molecule has 1 aromatic carbocycles. The number of ether oxygens (including phenoxy) is 2. The molecular weight excluding hydrogens is 317 g/mol. The van der Waals surface area contributed by atoms with Crippen LogP contribution in [0.4, 0.5) is 0 Å². The van der Waals surface area contributed by atoms with E-state index >= 15 is 0 Å². The van der Waals surface area contributed by atoms with Crippen LogP contribution in [0.3, 0.4) is 0 Å². The molecular formula is C14H17Cl2NO4. The van der Waals surface area contributed by atoms with Crippen molar-refractivity contribution in [3.05, 3.63) is 28.2 Å². The Morgan fingerprint density at radius 3 is 2.62 bits per heavy atom. The number of esters is 1. The predicted octanol–water partition coefficient (Wildman–Crippen LogP) is 2.78. The third-order valence-electron chi connectivity index (χ3n) is 2.77. The van der Waals surface area contributed by atoms with E-state index in [4.69, 9.17) is 27.9 Å². The molecule has 0 saturated heterocycles. The highest BCUT2D eigenvalue weighted by molar-refractivity contribution is 6.35. The summed E-state index contributed by atoms with van der Waals surface area (Å²) in [6.45, 7) is 0.321. The van der Waals surface area contributed by atoms with E-state index in [2.05, 4.69) is 4.74 Å². The number of carbonyl (C=O) groups excluding carboxylic acids is 2. The summed E-state index contributed by atoms with van der Waals surface area (Å²) in [7, 11) is 2.98. The molecule has 1 rings (SSSR count). The molecule has 0 aliphatic heterocycles. The van der Waals surface area contributed by atoms with Gasteiger partial charge in [0.2, 0.25) is 0 Å². The quantitative estimate of drug-likeness (QED) is 0.720. The van der Waals surface area contributed by atoms with Gasteiger partial charge in [-0.25, -0.2) is 0 Å². The van der Waals surface area contributed by atoms with Crippen LogP contribution in [-0.2, 0) is 14.3 Å². The normalized spacial score (nSPS) is 10.1. The lowest BCUT2D eigenvalue weighted by Gasteiger charge is -2.17. The van der Waals surface area contributed by atoms with Crippen LogP contribution in [0.5, 0.6) is 5.75 Å². The minimum Gasteiger partial charge on any atom is -0.482 e. The Kier molecular flexibility index (Phi) is 7.32. The molecule has 1 aromatic rings. The second kappa shape index (κ2) is 8.74. The number of methoxy groups -OCH3 is 1. The van der Waals surface area contributed by atoms with Gasteiger partial charge < -0.3 is 14.4 Å². The summed E-state index contributed by atoms with van der Waals surface area (Å²) in [5.74, 6) is -0.0942. The fraction of sp³-hybridized carbons (Fsp3) is 0.429. The van der Waals surface area contributed by atoms with Gasteiger partial charge in [-0.1, -0.05) is 23.2 Å². The summed E-state index contributed by atoms with van der Waals surface area (Å²) in [6.07, 6.45) is 0.814. The van der Waals surface area contributed by atoms with Gasteiger partial charge in [0.05, 0.1) is 12.1 Å². The summed E-state index contributed by atoms with van der Waals surface area (Å²) in [5, 5.41) is 0.849. The van der Waals surface area contributed by atoms with Gasteiger partial charge in [0.15, 0.2) is 6.61 Å². The second-order valence-electron chi connectivity index (χ2n) is 4.36. The molecule has 0 aromatic heterocycles. The highest BCUT2D eigenvalue weighted by Gasteiger charge is 2.11. The topological polar surface area (TPSA) is 55.8 Å². The van der Waals surface area contributed by atoms with Crippen LogP contribution in [0.25, 0.3) is 0 Å². The first kappa shape index (κ1) is 17.6. The first-order valence-corrected chi connectivity index (χ1v) is 7.08. The number of rotatable bonds is 7. The maximum atomic E-state index is 11.9. The Bertz CT molecular complexity index is 508. The van der Waals surface area contributed by atoms with E-state index in [9.17, 15) is 9.59 Å². The SMILES string of the molecule is COC(=O)CCCN(C)C(=O)COc1ccc(Cl)cc1Cl. The van der Waals surface area contributed by atoms with Crippen molar-refractivity contribution in [1.29, 1.82) is 0 Å². The third kappa shape index (κ3) is 6.23.